The molecule has 0 atom stereocenters. The summed E-state index contributed by atoms with van der Waals surface area (Å²) >= 11 is 0. The maximum Gasteiger partial charge on any atom is 0.293 e. The first kappa shape index (κ1) is 11.3. The van der Waals surface area contributed by atoms with Gasteiger partial charge in [0.15, 0.2) is 0 Å². The summed E-state index contributed by atoms with van der Waals surface area (Å²) in [6, 6.07) is 0. The lowest BCUT2D eigenvalue weighted by molar-refractivity contribution is -0.0469. The molecule has 0 unspecified atom stereocenters. The molecule has 0 N–H and O–H groups in total. The van der Waals surface area contributed by atoms with Crippen LogP contribution in [0, 0.1) is 0 Å². The smallest absolute Gasteiger partial charge is 0.293 e. The van der Waals surface area contributed by atoms with Gasteiger partial charge in [-0.05, 0) is 32.6 Å². The van der Waals surface area contributed by atoms with Crippen molar-refractivity contribution in [3.63, 3.8) is 0 Å². The Morgan fingerprint density at radius 3 is 2.69 bits per heavy atom. The van der Waals surface area contributed by atoms with Crippen LogP contribution in [0.5, 0.6) is 0 Å². The summed E-state index contributed by atoms with van der Waals surface area (Å²) in [6.07, 6.45) is 4.00. The summed E-state index contributed by atoms with van der Waals surface area (Å²) in [7, 11) is 0. The zero-order valence-corrected chi connectivity index (χ0v) is 9.65. The van der Waals surface area contributed by atoms with E-state index in [2.05, 4.69) is 10.1 Å². The van der Waals surface area contributed by atoms with Crippen LogP contribution in [0.2, 0.25) is 0 Å². The Labute approximate surface area is 94.2 Å². The lowest BCUT2D eigenvalue weighted by Crippen LogP contribution is -2.27. The minimum absolute atomic E-state index is 0.0704. The van der Waals surface area contributed by atoms with Crippen LogP contribution >= 0.6 is 0 Å². The zero-order chi connectivity index (χ0) is 11.6. The molecule has 0 radical (unpaired) electrons. The molecule has 5 heteroatoms. The van der Waals surface area contributed by atoms with Gasteiger partial charge in [0, 0.05) is 13.5 Å². The molecule has 0 aromatic carbocycles. The van der Waals surface area contributed by atoms with Crippen molar-refractivity contribution in [1.82, 2.24) is 10.1 Å². The number of aromatic nitrogens is 2. The average molecular weight is 224 g/mol. The fourth-order valence-electron chi connectivity index (χ4n) is 2.21. The molecule has 1 heterocycles. The molecule has 1 saturated carbocycles. The average Bonchev–Trinajstić information content (AvgIpc) is 2.85. The first-order chi connectivity index (χ1) is 7.68. The Morgan fingerprint density at radius 1 is 1.50 bits per heavy atom. The summed E-state index contributed by atoms with van der Waals surface area (Å²) in [4.78, 5) is 15.2. The van der Waals surface area contributed by atoms with Gasteiger partial charge in [-0.2, -0.15) is 4.98 Å². The molecule has 0 aliphatic heterocycles. The third-order valence-electron chi connectivity index (χ3n) is 2.97. The quantitative estimate of drug-likeness (QED) is 0.732. The van der Waals surface area contributed by atoms with Crippen molar-refractivity contribution in [1.29, 1.82) is 0 Å². The third-order valence-corrected chi connectivity index (χ3v) is 2.97. The molecule has 1 aliphatic rings. The standard InChI is InChI=1S/C11H16N2O3/c1-3-15-11(6-4-5-7-11)10-12-9(8(2)14)16-13-10/h3-7H2,1-2H3. The number of carbonyl (C=O) groups excluding carboxylic acids is 1. The van der Waals surface area contributed by atoms with Gasteiger partial charge in [-0.1, -0.05) is 5.16 Å². The van der Waals surface area contributed by atoms with E-state index in [9.17, 15) is 4.79 Å². The summed E-state index contributed by atoms with van der Waals surface area (Å²) in [5.74, 6) is 0.390. The van der Waals surface area contributed by atoms with E-state index in [4.69, 9.17) is 9.26 Å². The number of ketones is 1. The predicted molar refractivity (Wildman–Crippen MR) is 56.1 cm³/mol. The van der Waals surface area contributed by atoms with E-state index in [1.807, 2.05) is 6.92 Å². The lowest BCUT2D eigenvalue weighted by atomic mass is 10.0. The monoisotopic (exact) mass is 224 g/mol. The van der Waals surface area contributed by atoms with Gasteiger partial charge >= 0.3 is 0 Å². The highest BCUT2D eigenvalue weighted by atomic mass is 16.5. The van der Waals surface area contributed by atoms with Crippen molar-refractivity contribution < 1.29 is 14.1 Å². The number of ether oxygens (including phenoxy) is 1. The second-order valence-corrected chi connectivity index (χ2v) is 4.11. The molecule has 1 aromatic heterocycles. The Morgan fingerprint density at radius 2 is 2.19 bits per heavy atom. The Hall–Kier alpha value is -1.23. The van der Waals surface area contributed by atoms with Gasteiger partial charge in [-0.15, -0.1) is 0 Å². The van der Waals surface area contributed by atoms with Gasteiger partial charge in [0.05, 0.1) is 0 Å². The number of nitrogens with zero attached hydrogens (tertiary/aromatic N) is 2. The summed E-state index contributed by atoms with van der Waals surface area (Å²) in [6.45, 7) is 3.98. The van der Waals surface area contributed by atoms with Crippen molar-refractivity contribution in [2.45, 2.75) is 45.1 Å². The topological polar surface area (TPSA) is 65.2 Å². The molecule has 88 valence electrons. The van der Waals surface area contributed by atoms with Crippen LogP contribution in [-0.2, 0) is 10.3 Å². The number of Topliss-reactive ketones (excluding diaryl/α,β-unsaturated/α-hetero) is 1. The minimum Gasteiger partial charge on any atom is -0.367 e. The van der Waals surface area contributed by atoms with E-state index in [0.29, 0.717) is 12.4 Å². The fraction of sp³-hybridized carbons (Fsp3) is 0.727. The van der Waals surface area contributed by atoms with Crippen molar-refractivity contribution in [3.05, 3.63) is 11.7 Å². The van der Waals surface area contributed by atoms with Gasteiger partial charge in [-0.3, -0.25) is 4.79 Å². The molecule has 0 amide bonds. The first-order valence-electron chi connectivity index (χ1n) is 5.67. The van der Waals surface area contributed by atoms with E-state index >= 15 is 0 Å². The summed E-state index contributed by atoms with van der Waals surface area (Å²) < 4.78 is 10.7. The number of hydrogen-bond acceptors (Lipinski definition) is 5. The van der Waals surface area contributed by atoms with E-state index in [-0.39, 0.29) is 11.7 Å². The highest BCUT2D eigenvalue weighted by Crippen LogP contribution is 2.40. The largest absolute Gasteiger partial charge is 0.367 e. The summed E-state index contributed by atoms with van der Waals surface area (Å²) in [5, 5.41) is 3.88. The van der Waals surface area contributed by atoms with Crippen molar-refractivity contribution in [2.24, 2.45) is 0 Å². The number of hydrogen-bond donors (Lipinski definition) is 0. The van der Waals surface area contributed by atoms with Crippen LogP contribution in [0.25, 0.3) is 0 Å². The molecule has 1 fully saturated rings. The molecule has 0 spiro atoms. The maximum absolute atomic E-state index is 11.1. The Balaban J connectivity index is 2.28. The van der Waals surface area contributed by atoms with Gasteiger partial charge in [0.2, 0.25) is 11.6 Å². The highest BCUT2D eigenvalue weighted by Gasteiger charge is 2.41. The molecule has 16 heavy (non-hydrogen) atoms. The second-order valence-electron chi connectivity index (χ2n) is 4.11. The summed E-state index contributed by atoms with van der Waals surface area (Å²) in [5.41, 5.74) is -0.425. The van der Waals surface area contributed by atoms with Gasteiger partial charge in [0.25, 0.3) is 5.89 Å². The fourth-order valence-corrected chi connectivity index (χ4v) is 2.21. The Bertz CT molecular complexity index is 380. The number of carbonyl (C=O) groups is 1. The first-order valence-corrected chi connectivity index (χ1v) is 5.67. The van der Waals surface area contributed by atoms with Crippen LogP contribution < -0.4 is 0 Å². The van der Waals surface area contributed by atoms with Crippen LogP contribution in [0.3, 0.4) is 0 Å². The van der Waals surface area contributed by atoms with Gasteiger partial charge in [0.1, 0.15) is 5.60 Å². The molecule has 1 aliphatic carbocycles. The molecular weight excluding hydrogens is 208 g/mol. The number of rotatable bonds is 4. The van der Waals surface area contributed by atoms with E-state index in [1.54, 1.807) is 0 Å². The highest BCUT2D eigenvalue weighted by molar-refractivity contribution is 5.89. The second kappa shape index (κ2) is 4.33. The normalized spacial score (nSPS) is 18.9. The molecule has 0 bridgehead atoms. The zero-order valence-electron chi connectivity index (χ0n) is 9.65. The third kappa shape index (κ3) is 1.87. The van der Waals surface area contributed by atoms with Crippen molar-refractivity contribution in [2.75, 3.05) is 6.61 Å². The maximum atomic E-state index is 11.1. The molecule has 5 nitrogen and oxygen atoms in total. The predicted octanol–water partition coefficient (Wildman–Crippen LogP) is 2.08. The minimum atomic E-state index is -0.425. The SMILES string of the molecule is CCOC1(c2noc(C(C)=O)n2)CCCC1. The van der Waals surface area contributed by atoms with Crippen molar-refractivity contribution >= 4 is 5.78 Å². The van der Waals surface area contributed by atoms with Gasteiger partial charge < -0.3 is 9.26 Å². The molecule has 2 rings (SSSR count). The van der Waals surface area contributed by atoms with Crippen molar-refractivity contribution in [3.8, 4) is 0 Å². The van der Waals surface area contributed by atoms with E-state index in [0.717, 1.165) is 25.7 Å². The van der Waals surface area contributed by atoms with Gasteiger partial charge in [-0.25, -0.2) is 0 Å². The van der Waals surface area contributed by atoms with Crippen LogP contribution in [0.15, 0.2) is 4.52 Å². The van der Waals surface area contributed by atoms with Crippen LogP contribution in [0.1, 0.15) is 56.0 Å². The molecular formula is C11H16N2O3. The van der Waals surface area contributed by atoms with E-state index in [1.165, 1.54) is 6.92 Å². The lowest BCUT2D eigenvalue weighted by Gasteiger charge is -2.24. The van der Waals surface area contributed by atoms with Crippen LogP contribution in [0.4, 0.5) is 0 Å². The van der Waals surface area contributed by atoms with E-state index < -0.39 is 5.60 Å². The molecule has 1 aromatic rings. The Kier molecular flexibility index (Phi) is 3.05. The van der Waals surface area contributed by atoms with Crippen LogP contribution in [-0.4, -0.2) is 22.5 Å². The molecule has 0 saturated heterocycles.